The monoisotopic (exact) mass is 302 g/mol. The number of hydrogen-bond donors (Lipinski definition) is 1. The predicted molar refractivity (Wildman–Crippen MR) is 91.1 cm³/mol. The molecule has 0 radical (unpaired) electrons. The number of fused-ring (bicyclic) bond motifs is 1. The van der Waals surface area contributed by atoms with Crippen LogP contribution in [0, 0.1) is 5.92 Å². The van der Waals surface area contributed by atoms with Crippen molar-refractivity contribution in [3.63, 3.8) is 0 Å². The number of ether oxygens (including phenoxy) is 1. The van der Waals surface area contributed by atoms with Gasteiger partial charge in [-0.1, -0.05) is 20.8 Å². The van der Waals surface area contributed by atoms with Crippen molar-refractivity contribution in [2.45, 2.75) is 46.8 Å². The molecule has 0 aliphatic rings. The van der Waals surface area contributed by atoms with Crippen LogP contribution >= 0.6 is 0 Å². The molecule has 1 aromatic heterocycles. The number of benzene rings is 1. The molecular weight excluding hydrogens is 276 g/mol. The molecule has 0 fully saturated rings. The zero-order valence-electron chi connectivity index (χ0n) is 13.9. The first-order chi connectivity index (χ1) is 10.5. The Morgan fingerprint density at radius 3 is 2.68 bits per heavy atom. The summed E-state index contributed by atoms with van der Waals surface area (Å²) in [5.41, 5.74) is 2.02. The normalized spacial score (nSPS) is 12.8. The standard InChI is InChI=1S/C18H26N2O2/c1-5-17(22-6-2)18(21)19-15-7-8-16-14(11-15)9-10-20(16)12-13(3)4/h7-11,13,17H,5-6,12H2,1-4H3,(H,19,21). The molecule has 120 valence electrons. The zero-order valence-corrected chi connectivity index (χ0v) is 13.9. The molecule has 1 atom stereocenters. The van der Waals surface area contributed by atoms with E-state index in [1.54, 1.807) is 0 Å². The molecule has 0 saturated heterocycles. The minimum Gasteiger partial charge on any atom is -0.369 e. The second-order valence-electron chi connectivity index (χ2n) is 5.98. The molecule has 2 aromatic rings. The maximum atomic E-state index is 12.2. The van der Waals surface area contributed by atoms with Crippen LogP contribution in [-0.2, 0) is 16.1 Å². The smallest absolute Gasteiger partial charge is 0.253 e. The number of amides is 1. The van der Waals surface area contributed by atoms with Crippen LogP contribution in [0.1, 0.15) is 34.1 Å². The van der Waals surface area contributed by atoms with Gasteiger partial charge in [-0.15, -0.1) is 0 Å². The van der Waals surface area contributed by atoms with Crippen molar-refractivity contribution in [3.8, 4) is 0 Å². The van der Waals surface area contributed by atoms with E-state index in [1.807, 2.05) is 26.0 Å². The van der Waals surface area contributed by atoms with E-state index in [9.17, 15) is 4.79 Å². The van der Waals surface area contributed by atoms with E-state index < -0.39 is 0 Å². The summed E-state index contributed by atoms with van der Waals surface area (Å²) in [6.07, 6.45) is 2.39. The molecule has 0 saturated carbocycles. The fourth-order valence-electron chi connectivity index (χ4n) is 2.63. The van der Waals surface area contributed by atoms with Gasteiger partial charge in [-0.2, -0.15) is 0 Å². The number of aromatic nitrogens is 1. The summed E-state index contributed by atoms with van der Waals surface area (Å²) in [5.74, 6) is 0.525. The van der Waals surface area contributed by atoms with Crippen LogP contribution in [-0.4, -0.2) is 23.2 Å². The molecule has 1 aromatic carbocycles. The Kier molecular flexibility index (Phi) is 5.61. The summed E-state index contributed by atoms with van der Waals surface area (Å²) < 4.78 is 7.69. The van der Waals surface area contributed by atoms with Gasteiger partial charge in [0.25, 0.3) is 5.91 Å². The van der Waals surface area contributed by atoms with Crippen LogP contribution in [0.3, 0.4) is 0 Å². The van der Waals surface area contributed by atoms with Gasteiger partial charge >= 0.3 is 0 Å². The summed E-state index contributed by atoms with van der Waals surface area (Å²) in [6, 6.07) is 8.13. The largest absolute Gasteiger partial charge is 0.369 e. The number of carbonyl (C=O) groups excluding carboxylic acids is 1. The van der Waals surface area contributed by atoms with Gasteiger partial charge in [-0.05, 0) is 43.5 Å². The highest BCUT2D eigenvalue weighted by Gasteiger charge is 2.16. The molecule has 22 heavy (non-hydrogen) atoms. The summed E-state index contributed by atoms with van der Waals surface area (Å²) in [5, 5.41) is 4.09. The lowest BCUT2D eigenvalue weighted by molar-refractivity contribution is -0.127. The molecule has 0 aliphatic carbocycles. The number of carbonyl (C=O) groups is 1. The molecule has 1 amide bonds. The maximum absolute atomic E-state index is 12.2. The van der Waals surface area contributed by atoms with E-state index in [1.165, 1.54) is 5.52 Å². The molecule has 4 nitrogen and oxygen atoms in total. The molecule has 4 heteroatoms. The van der Waals surface area contributed by atoms with Crippen molar-refractivity contribution < 1.29 is 9.53 Å². The van der Waals surface area contributed by atoms with Crippen LogP contribution in [0.5, 0.6) is 0 Å². The fourth-order valence-corrected chi connectivity index (χ4v) is 2.63. The highest BCUT2D eigenvalue weighted by Crippen LogP contribution is 2.22. The third-order valence-electron chi connectivity index (χ3n) is 3.63. The Labute approximate surface area is 132 Å². The van der Waals surface area contributed by atoms with E-state index in [4.69, 9.17) is 4.74 Å². The molecule has 1 unspecified atom stereocenters. The Hall–Kier alpha value is -1.81. The van der Waals surface area contributed by atoms with Crippen LogP contribution < -0.4 is 5.32 Å². The van der Waals surface area contributed by atoms with E-state index in [0.717, 1.165) is 17.6 Å². The second kappa shape index (κ2) is 7.45. The van der Waals surface area contributed by atoms with Gasteiger partial charge in [-0.25, -0.2) is 0 Å². The average Bonchev–Trinajstić information content (AvgIpc) is 2.86. The fraction of sp³-hybridized carbons (Fsp3) is 0.500. The Bertz CT molecular complexity index is 631. The molecule has 0 aliphatic heterocycles. The lowest BCUT2D eigenvalue weighted by Gasteiger charge is -2.15. The minimum atomic E-state index is -0.383. The van der Waals surface area contributed by atoms with Crippen molar-refractivity contribution in [1.82, 2.24) is 4.57 Å². The first kappa shape index (κ1) is 16.6. The predicted octanol–water partition coefficient (Wildman–Crippen LogP) is 4.05. The number of nitrogens with one attached hydrogen (secondary N) is 1. The Balaban J connectivity index is 2.14. The van der Waals surface area contributed by atoms with Crippen molar-refractivity contribution >= 4 is 22.5 Å². The van der Waals surface area contributed by atoms with Crippen molar-refractivity contribution in [2.75, 3.05) is 11.9 Å². The van der Waals surface area contributed by atoms with Crippen LogP contribution in [0.4, 0.5) is 5.69 Å². The Morgan fingerprint density at radius 2 is 2.05 bits per heavy atom. The van der Waals surface area contributed by atoms with Crippen LogP contribution in [0.15, 0.2) is 30.5 Å². The minimum absolute atomic E-state index is 0.0784. The summed E-state index contributed by atoms with van der Waals surface area (Å²) in [6.45, 7) is 9.81. The topological polar surface area (TPSA) is 43.3 Å². The molecule has 1 heterocycles. The highest BCUT2D eigenvalue weighted by molar-refractivity contribution is 5.96. The van der Waals surface area contributed by atoms with Crippen molar-refractivity contribution in [2.24, 2.45) is 5.92 Å². The summed E-state index contributed by atoms with van der Waals surface area (Å²) in [4.78, 5) is 12.2. The second-order valence-corrected chi connectivity index (χ2v) is 5.98. The van der Waals surface area contributed by atoms with E-state index in [2.05, 4.69) is 42.1 Å². The maximum Gasteiger partial charge on any atom is 0.253 e. The van der Waals surface area contributed by atoms with Gasteiger partial charge in [-0.3, -0.25) is 4.79 Å². The van der Waals surface area contributed by atoms with Gasteiger partial charge in [0.2, 0.25) is 0 Å². The molecule has 0 bridgehead atoms. The summed E-state index contributed by atoms with van der Waals surface area (Å²) in [7, 11) is 0. The quantitative estimate of drug-likeness (QED) is 0.838. The number of anilines is 1. The third kappa shape index (κ3) is 3.89. The lowest BCUT2D eigenvalue weighted by atomic mass is 10.2. The number of hydrogen-bond acceptors (Lipinski definition) is 2. The van der Waals surface area contributed by atoms with Gasteiger partial charge in [0.05, 0.1) is 0 Å². The molecule has 0 spiro atoms. The van der Waals surface area contributed by atoms with Gasteiger partial charge in [0.1, 0.15) is 6.10 Å². The third-order valence-corrected chi connectivity index (χ3v) is 3.63. The van der Waals surface area contributed by atoms with Gasteiger partial charge < -0.3 is 14.6 Å². The van der Waals surface area contributed by atoms with Crippen molar-refractivity contribution in [3.05, 3.63) is 30.5 Å². The van der Waals surface area contributed by atoms with E-state index in [0.29, 0.717) is 18.9 Å². The lowest BCUT2D eigenvalue weighted by Crippen LogP contribution is -2.29. The molecule has 2 rings (SSSR count). The van der Waals surface area contributed by atoms with Gasteiger partial charge in [0, 0.05) is 35.9 Å². The van der Waals surface area contributed by atoms with E-state index >= 15 is 0 Å². The first-order valence-corrected chi connectivity index (χ1v) is 8.06. The van der Waals surface area contributed by atoms with Crippen LogP contribution in [0.25, 0.3) is 10.9 Å². The SMILES string of the molecule is CCOC(CC)C(=O)Nc1ccc2c(ccn2CC(C)C)c1. The molecular formula is C18H26N2O2. The van der Waals surface area contributed by atoms with Crippen molar-refractivity contribution in [1.29, 1.82) is 0 Å². The zero-order chi connectivity index (χ0) is 16.1. The number of rotatable bonds is 7. The summed E-state index contributed by atoms with van der Waals surface area (Å²) >= 11 is 0. The van der Waals surface area contributed by atoms with Gasteiger partial charge in [0.15, 0.2) is 0 Å². The number of nitrogens with zero attached hydrogens (tertiary/aromatic N) is 1. The highest BCUT2D eigenvalue weighted by atomic mass is 16.5. The van der Waals surface area contributed by atoms with Crippen LogP contribution in [0.2, 0.25) is 0 Å². The first-order valence-electron chi connectivity index (χ1n) is 8.06. The molecule has 1 N–H and O–H groups in total. The average molecular weight is 302 g/mol. The Morgan fingerprint density at radius 1 is 1.27 bits per heavy atom. The van der Waals surface area contributed by atoms with E-state index in [-0.39, 0.29) is 12.0 Å².